The zero-order chi connectivity index (χ0) is 8.43. The minimum atomic E-state index is -1.27. The number of carbonyl (C=O) groups is 2. The molecule has 0 aromatic carbocycles. The fraction of sp³-hybridized carbons (Fsp3) is 0.167. The van der Waals surface area contributed by atoms with Crippen molar-refractivity contribution in [3.63, 3.8) is 0 Å². The van der Waals surface area contributed by atoms with Crippen LogP contribution >= 0.6 is 12.6 Å². The van der Waals surface area contributed by atoms with Gasteiger partial charge in [0.1, 0.15) is 10.6 Å². The Morgan fingerprint density at radius 3 is 2.73 bits per heavy atom. The Labute approximate surface area is 68.0 Å². The molecule has 0 fully saturated rings. The third-order valence-electron chi connectivity index (χ3n) is 1.21. The maximum atomic E-state index is 10.9. The van der Waals surface area contributed by atoms with Crippen LogP contribution in [0.25, 0.3) is 0 Å². The van der Waals surface area contributed by atoms with E-state index in [4.69, 9.17) is 5.11 Å². The Balaban J connectivity index is 3.11. The quantitative estimate of drug-likeness (QED) is 0.439. The number of hydrogen-bond acceptors (Lipinski definition) is 4. The Morgan fingerprint density at radius 1 is 1.73 bits per heavy atom. The van der Waals surface area contributed by atoms with Gasteiger partial charge in [0.15, 0.2) is 5.78 Å². The number of aliphatic imine (C=N–C) groups is 1. The van der Waals surface area contributed by atoms with E-state index in [9.17, 15) is 9.59 Å². The lowest BCUT2D eigenvalue weighted by Crippen LogP contribution is -2.16. The van der Waals surface area contributed by atoms with E-state index in [1.807, 2.05) is 0 Å². The smallest absolute Gasteiger partial charge is 0.342 e. The molecule has 0 saturated heterocycles. The van der Waals surface area contributed by atoms with Crippen LogP contribution in [0.5, 0.6) is 0 Å². The van der Waals surface area contributed by atoms with E-state index in [0.717, 1.165) is 0 Å². The maximum Gasteiger partial charge on any atom is 0.342 e. The predicted octanol–water partition coefficient (Wildman–Crippen LogP) is 0.256. The van der Waals surface area contributed by atoms with Gasteiger partial charge in [-0.05, 0) is 0 Å². The molecule has 0 bridgehead atoms. The number of ketones is 1. The lowest BCUT2D eigenvalue weighted by Gasteiger charge is -2.04. The van der Waals surface area contributed by atoms with Crippen molar-refractivity contribution in [3.8, 4) is 0 Å². The second-order valence-corrected chi connectivity index (χ2v) is 2.37. The topological polar surface area (TPSA) is 66.7 Å². The van der Waals surface area contributed by atoms with Crippen LogP contribution in [0.1, 0.15) is 6.42 Å². The van der Waals surface area contributed by atoms with Gasteiger partial charge >= 0.3 is 5.97 Å². The van der Waals surface area contributed by atoms with E-state index >= 15 is 0 Å². The molecule has 1 N–H and O–H groups in total. The lowest BCUT2D eigenvalue weighted by molar-refractivity contribution is -0.134. The molecule has 0 radical (unpaired) electrons. The van der Waals surface area contributed by atoms with Gasteiger partial charge in [0, 0.05) is 12.6 Å². The number of thiol groups is 1. The van der Waals surface area contributed by atoms with Gasteiger partial charge in [0.05, 0.1) is 0 Å². The molecule has 0 saturated carbocycles. The van der Waals surface area contributed by atoms with E-state index < -0.39 is 11.8 Å². The minimum Gasteiger partial charge on any atom is -0.477 e. The molecule has 0 unspecified atom stereocenters. The summed E-state index contributed by atoms with van der Waals surface area (Å²) in [5, 5.41) is 8.46. The Hall–Kier alpha value is -1.10. The molecule has 1 aliphatic rings. The van der Waals surface area contributed by atoms with Gasteiger partial charge in [-0.1, -0.05) is 0 Å². The predicted molar refractivity (Wildman–Crippen MR) is 41.8 cm³/mol. The molecule has 0 aliphatic carbocycles. The monoisotopic (exact) mass is 171 g/mol. The highest BCUT2D eigenvalue weighted by atomic mass is 32.1. The van der Waals surface area contributed by atoms with Crippen molar-refractivity contribution in [3.05, 3.63) is 10.6 Å². The van der Waals surface area contributed by atoms with E-state index in [2.05, 4.69) is 17.6 Å². The van der Waals surface area contributed by atoms with Gasteiger partial charge in [-0.15, -0.1) is 12.6 Å². The first-order chi connectivity index (χ1) is 5.13. The van der Waals surface area contributed by atoms with E-state index in [-0.39, 0.29) is 17.0 Å². The van der Waals surface area contributed by atoms with Gasteiger partial charge in [0.2, 0.25) is 0 Å². The number of carboxylic acid groups (broad SMARTS) is 1. The van der Waals surface area contributed by atoms with Crippen LogP contribution in [0.2, 0.25) is 0 Å². The number of carbonyl (C=O) groups excluding carboxylic acids is 1. The summed E-state index contributed by atoms with van der Waals surface area (Å²) in [5.74, 6) is -1.71. The third kappa shape index (κ3) is 1.48. The van der Waals surface area contributed by atoms with Crippen LogP contribution in [-0.4, -0.2) is 23.1 Å². The number of nitrogens with zero attached hydrogens (tertiary/aromatic N) is 1. The summed E-state index contributed by atoms with van der Waals surface area (Å²) in [5.41, 5.74) is -0.323. The van der Waals surface area contributed by atoms with Crippen molar-refractivity contribution in [2.24, 2.45) is 4.99 Å². The molecule has 0 atom stereocenters. The SMILES string of the molecule is O=C(O)C1=C(S)N=CCC1=O. The molecule has 58 valence electrons. The molecule has 1 aliphatic heterocycles. The molecule has 0 aromatic rings. The van der Waals surface area contributed by atoms with Crippen LogP contribution in [-0.2, 0) is 9.59 Å². The molecular formula is C6H5NO3S. The van der Waals surface area contributed by atoms with Crippen molar-refractivity contribution < 1.29 is 14.7 Å². The van der Waals surface area contributed by atoms with Crippen LogP contribution in [0.4, 0.5) is 0 Å². The average molecular weight is 171 g/mol. The molecule has 11 heavy (non-hydrogen) atoms. The first-order valence-electron chi connectivity index (χ1n) is 2.85. The van der Waals surface area contributed by atoms with Crippen LogP contribution in [0.15, 0.2) is 15.6 Å². The minimum absolute atomic E-state index is 0.0197. The average Bonchev–Trinajstić information content (AvgIpc) is 1.85. The first kappa shape index (κ1) is 8.00. The van der Waals surface area contributed by atoms with Crippen molar-refractivity contribution in [1.29, 1.82) is 0 Å². The van der Waals surface area contributed by atoms with Gasteiger partial charge in [-0.2, -0.15) is 0 Å². The highest BCUT2D eigenvalue weighted by Crippen LogP contribution is 2.16. The Morgan fingerprint density at radius 2 is 2.36 bits per heavy atom. The summed E-state index contributed by atoms with van der Waals surface area (Å²) in [4.78, 5) is 24.8. The van der Waals surface area contributed by atoms with E-state index in [0.29, 0.717) is 0 Å². The van der Waals surface area contributed by atoms with Crippen molar-refractivity contribution >= 4 is 30.6 Å². The van der Waals surface area contributed by atoms with Crippen molar-refractivity contribution in [2.75, 3.05) is 0 Å². The zero-order valence-corrected chi connectivity index (χ0v) is 6.34. The van der Waals surface area contributed by atoms with E-state index in [1.165, 1.54) is 6.21 Å². The van der Waals surface area contributed by atoms with Crippen molar-refractivity contribution in [1.82, 2.24) is 0 Å². The fourth-order valence-electron chi connectivity index (χ4n) is 0.721. The highest BCUT2D eigenvalue weighted by Gasteiger charge is 2.22. The van der Waals surface area contributed by atoms with Gasteiger partial charge in [-0.25, -0.2) is 4.79 Å². The maximum absolute atomic E-state index is 10.9. The second kappa shape index (κ2) is 2.87. The normalized spacial score (nSPS) is 17.4. The summed E-state index contributed by atoms with van der Waals surface area (Å²) >= 11 is 3.74. The Bertz CT molecular complexity index is 280. The van der Waals surface area contributed by atoms with Crippen LogP contribution in [0, 0.1) is 0 Å². The zero-order valence-electron chi connectivity index (χ0n) is 5.44. The molecule has 4 nitrogen and oxygen atoms in total. The lowest BCUT2D eigenvalue weighted by atomic mass is 10.1. The van der Waals surface area contributed by atoms with Gasteiger partial charge < -0.3 is 5.11 Å². The molecule has 1 rings (SSSR count). The summed E-state index contributed by atoms with van der Waals surface area (Å²) in [6, 6.07) is 0. The summed E-state index contributed by atoms with van der Waals surface area (Å²) in [6.07, 6.45) is 1.39. The largest absolute Gasteiger partial charge is 0.477 e. The van der Waals surface area contributed by atoms with E-state index in [1.54, 1.807) is 0 Å². The Kier molecular flexibility index (Phi) is 2.09. The first-order valence-corrected chi connectivity index (χ1v) is 3.30. The number of hydrogen-bond donors (Lipinski definition) is 2. The van der Waals surface area contributed by atoms with Gasteiger partial charge in [0.25, 0.3) is 0 Å². The third-order valence-corrected chi connectivity index (χ3v) is 1.55. The number of rotatable bonds is 1. The number of carboxylic acids is 1. The standard InChI is InChI=1S/C6H5NO3S/c8-3-1-2-7-5(11)4(3)6(9)10/h2,11H,1H2,(H,9,10). The molecule has 1 heterocycles. The molecule has 0 amide bonds. The van der Waals surface area contributed by atoms with Crippen molar-refractivity contribution in [2.45, 2.75) is 6.42 Å². The van der Waals surface area contributed by atoms with Crippen LogP contribution < -0.4 is 0 Å². The molecule has 5 heteroatoms. The van der Waals surface area contributed by atoms with Gasteiger partial charge in [-0.3, -0.25) is 9.79 Å². The number of Topliss-reactive ketones (excluding diaryl/α,β-unsaturated/α-hetero) is 1. The molecule has 0 aromatic heterocycles. The molecular weight excluding hydrogens is 166 g/mol. The summed E-state index contributed by atoms with van der Waals surface area (Å²) in [6.45, 7) is 0. The fourth-order valence-corrected chi connectivity index (χ4v) is 1.02. The van der Waals surface area contributed by atoms with Crippen LogP contribution in [0.3, 0.4) is 0 Å². The highest BCUT2D eigenvalue weighted by molar-refractivity contribution is 7.84. The summed E-state index contributed by atoms with van der Waals surface area (Å²) in [7, 11) is 0. The summed E-state index contributed by atoms with van der Waals surface area (Å²) < 4.78 is 0. The second-order valence-electron chi connectivity index (χ2n) is 1.94. The number of aliphatic carboxylic acids is 1. The molecule has 0 spiro atoms.